The Labute approximate surface area is 385 Å². The molecule has 0 aliphatic rings. The van der Waals surface area contributed by atoms with Crippen molar-refractivity contribution in [2.45, 2.75) is 56.0 Å². The van der Waals surface area contributed by atoms with Crippen molar-refractivity contribution in [3.63, 3.8) is 0 Å². The van der Waals surface area contributed by atoms with Crippen LogP contribution in [0.4, 0.5) is 105 Å². The summed E-state index contributed by atoms with van der Waals surface area (Å²) in [5.74, 6) is 0. The molecule has 0 saturated heterocycles. The summed E-state index contributed by atoms with van der Waals surface area (Å²) in [6.45, 7) is 0.850. The smallest absolute Gasteiger partial charge is 0.194 e. The molecule has 70 heavy (non-hydrogen) atoms. The first kappa shape index (κ1) is 55.3. The molecule has 0 aliphatic carbocycles. The van der Waals surface area contributed by atoms with Crippen LogP contribution < -0.4 is 26.4 Å². The second-order valence-electron chi connectivity index (χ2n) is 15.0. The summed E-state index contributed by atoms with van der Waals surface area (Å²) < 4.78 is 343. The molecule has 378 valence electrons. The molecule has 0 bridgehead atoms. The van der Waals surface area contributed by atoms with Gasteiger partial charge in [0.1, 0.15) is 6.15 Å². The first-order chi connectivity index (χ1) is 31.6. The van der Waals surface area contributed by atoms with Gasteiger partial charge < -0.3 is 0 Å². The van der Waals surface area contributed by atoms with Crippen molar-refractivity contribution in [1.82, 2.24) is 0 Å². The Morgan fingerprint density at radius 3 is 0.771 bits per heavy atom. The van der Waals surface area contributed by atoms with Gasteiger partial charge in [-0.25, -0.2) is 0 Å². The zero-order chi connectivity index (χ0) is 53.0. The van der Waals surface area contributed by atoms with Crippen molar-refractivity contribution in [2.75, 3.05) is 0 Å². The third kappa shape index (κ3) is 12.6. The maximum Gasteiger partial charge on any atom is 0.416 e. The van der Waals surface area contributed by atoms with E-state index in [1.54, 1.807) is 11.3 Å². The lowest BCUT2D eigenvalue weighted by Gasteiger charge is -2.46. The van der Waals surface area contributed by atoms with Crippen LogP contribution >= 0.6 is 22.9 Å². The van der Waals surface area contributed by atoms with E-state index in [1.165, 1.54) is 5.56 Å². The lowest BCUT2D eigenvalue weighted by molar-refractivity contribution is -0.681. The molecule has 1 nitrogen and oxygen atoms in total. The van der Waals surface area contributed by atoms with Crippen molar-refractivity contribution >= 4 is 50.9 Å². The molecule has 0 atom stereocenters. The lowest BCUT2D eigenvalue weighted by atomic mass is 9.12. The van der Waals surface area contributed by atoms with Gasteiger partial charge in [0.15, 0.2) is 6.54 Å². The van der Waals surface area contributed by atoms with Crippen LogP contribution in [0.25, 0.3) is 0 Å². The molecule has 0 fully saturated rings. The van der Waals surface area contributed by atoms with Gasteiger partial charge in [0.25, 0.3) is 5.15 Å². The summed E-state index contributed by atoms with van der Waals surface area (Å²) in [6, 6.07) is 1.48. The Morgan fingerprint density at radius 1 is 0.357 bits per heavy atom. The van der Waals surface area contributed by atoms with Gasteiger partial charge >= 0.3 is 49.4 Å². The van der Waals surface area contributed by atoms with Gasteiger partial charge in [-0.1, -0.05) is 90.2 Å². The zero-order valence-electron chi connectivity index (χ0n) is 33.6. The van der Waals surface area contributed by atoms with Crippen molar-refractivity contribution in [3.05, 3.63) is 169 Å². The first-order valence-corrected chi connectivity index (χ1v) is 20.0. The van der Waals surface area contributed by atoms with E-state index < -0.39 is 195 Å². The number of hydrogen-bond acceptors (Lipinski definition) is 1. The van der Waals surface area contributed by atoms with Crippen LogP contribution in [-0.4, -0.2) is 6.15 Å². The number of aromatic nitrogens is 1. The molecule has 0 unspecified atom stereocenters. The topological polar surface area (TPSA) is 3.88 Å². The molecule has 28 heteroatoms. The number of rotatable bonds is 6. The molecule has 5 aromatic carbocycles. The van der Waals surface area contributed by atoms with Crippen molar-refractivity contribution < 1.29 is 110 Å². The average Bonchev–Trinajstić information content (AvgIpc) is 3.62. The molecule has 0 radical (unpaired) electrons. The van der Waals surface area contributed by atoms with E-state index >= 15 is 0 Å². The number of halogens is 25. The van der Waals surface area contributed by atoms with E-state index in [9.17, 15) is 105 Å². The Morgan fingerprint density at radius 2 is 0.586 bits per heavy atom. The number of nitrogens with zero attached hydrogens (tertiary/aromatic N) is 1. The quantitative estimate of drug-likeness (QED) is 0.0889. The van der Waals surface area contributed by atoms with Crippen LogP contribution in [0.2, 0.25) is 5.15 Å². The summed E-state index contributed by atoms with van der Waals surface area (Å²) in [7, 11) is 0. The molecular weight excluding hydrogens is 1050 g/mol. The largest absolute Gasteiger partial charge is 0.416 e. The van der Waals surface area contributed by atoms with Crippen molar-refractivity contribution in [1.29, 1.82) is 0 Å². The van der Waals surface area contributed by atoms with Crippen LogP contribution in [0.5, 0.6) is 0 Å². The standard InChI is InChI=1S/C32H12BF24.C10H9ClNS/c34-25(35,36)13-1-14(26(37,38)39)6-21(5-13)33(22-7-15(27(40,41)42)2-16(8-22)28(43,44)45,23-9-17(29(46,47)48)3-18(10-23)30(49,50)51)24-11-19(31(52,53)54)4-20(12-24)32(55,56)57;11-10-7-13-8-12(10)6-9-4-2-1-3-5-9/h1-12H;1-5,7-8H,6H2/q-1;+1. The predicted molar refractivity (Wildman–Crippen MR) is 205 cm³/mol. The summed E-state index contributed by atoms with van der Waals surface area (Å²) in [4.78, 5) is 0. The Kier molecular flexibility index (Phi) is 14.9. The van der Waals surface area contributed by atoms with Gasteiger partial charge in [0, 0.05) is 5.56 Å². The SMILES string of the molecule is Clc1csc[n+]1Cc1ccccc1.FC(F)(F)c1cc([B-](c2cc(C(F)(F)F)cc(C(F)(F)F)c2)(c2cc(C(F)(F)F)cc(C(F)(F)F)c2)c2cc(C(F)(F)F)cc(C(F)(F)F)c2)cc(C(F)(F)F)c1. The van der Waals surface area contributed by atoms with Crippen molar-refractivity contribution in [3.8, 4) is 0 Å². The summed E-state index contributed by atoms with van der Waals surface area (Å²) >= 11 is 7.58. The molecule has 0 amide bonds. The number of benzene rings is 5. The minimum absolute atomic E-state index is 0.691. The third-order valence-electron chi connectivity index (χ3n) is 10.3. The zero-order valence-corrected chi connectivity index (χ0v) is 35.1. The molecule has 1 aromatic heterocycles. The van der Waals surface area contributed by atoms with Gasteiger partial charge in [-0.3, -0.25) is 0 Å². The highest BCUT2D eigenvalue weighted by Gasteiger charge is 2.47. The van der Waals surface area contributed by atoms with E-state index in [4.69, 9.17) is 11.6 Å². The average molecular weight is 1070 g/mol. The van der Waals surface area contributed by atoms with E-state index in [0.29, 0.717) is 0 Å². The van der Waals surface area contributed by atoms with Crippen LogP contribution in [0.15, 0.2) is 114 Å². The molecule has 0 N–H and O–H groups in total. The number of alkyl halides is 24. The van der Waals surface area contributed by atoms with Crippen LogP contribution in [0, 0.1) is 0 Å². The molecule has 0 saturated carbocycles. The highest BCUT2D eigenvalue weighted by atomic mass is 35.5. The van der Waals surface area contributed by atoms with Gasteiger partial charge in [-0.2, -0.15) is 132 Å². The van der Waals surface area contributed by atoms with Crippen LogP contribution in [0.3, 0.4) is 0 Å². The molecule has 1 heterocycles. The first-order valence-electron chi connectivity index (χ1n) is 18.6. The summed E-state index contributed by atoms with van der Waals surface area (Å²) in [5, 5.41) is 2.73. The fourth-order valence-electron chi connectivity index (χ4n) is 7.24. The van der Waals surface area contributed by atoms with Crippen LogP contribution in [-0.2, 0) is 56.0 Å². The second-order valence-corrected chi connectivity index (χ2v) is 16.1. The van der Waals surface area contributed by atoms with Gasteiger partial charge in [-0.15, -0.1) is 0 Å². The Bertz CT molecular complexity index is 2370. The van der Waals surface area contributed by atoms with Crippen molar-refractivity contribution in [2.24, 2.45) is 0 Å². The summed E-state index contributed by atoms with van der Waals surface area (Å²) in [6.07, 6.45) is -54.8. The van der Waals surface area contributed by atoms with E-state index in [1.807, 2.05) is 33.7 Å². The normalized spacial score (nSPS) is 13.6. The highest BCUT2D eigenvalue weighted by molar-refractivity contribution is 7.20. The van der Waals surface area contributed by atoms with E-state index in [-0.39, 0.29) is 0 Å². The Balaban J connectivity index is 0.000000600. The summed E-state index contributed by atoms with van der Waals surface area (Å²) in [5.41, 5.74) is -26.9. The lowest BCUT2D eigenvalue weighted by Crippen LogP contribution is -2.75. The molecule has 0 aliphatic heterocycles. The van der Waals surface area contributed by atoms with Gasteiger partial charge in [0.2, 0.25) is 5.51 Å². The van der Waals surface area contributed by atoms with Gasteiger partial charge in [0.05, 0.1) is 49.9 Å². The fraction of sp³-hybridized carbons (Fsp3) is 0.214. The molecule has 6 rings (SSSR count). The number of hydrogen-bond donors (Lipinski definition) is 0. The molecule has 0 spiro atoms. The number of thiazole rings is 1. The Hall–Kier alpha value is -5.60. The van der Waals surface area contributed by atoms with E-state index in [0.717, 1.165) is 11.7 Å². The predicted octanol–water partition coefficient (Wildman–Crippen LogP) is 14.0. The fourth-order valence-corrected chi connectivity index (χ4v) is 8.21. The van der Waals surface area contributed by atoms with E-state index in [2.05, 4.69) is 12.1 Å². The monoisotopic (exact) mass is 1070 g/mol. The maximum atomic E-state index is 14.2. The second kappa shape index (κ2) is 18.9. The minimum Gasteiger partial charge on any atom is -0.194 e. The highest BCUT2D eigenvalue weighted by Crippen LogP contribution is 2.41. The third-order valence-corrected chi connectivity index (χ3v) is 11.5. The van der Waals surface area contributed by atoms with Gasteiger partial charge in [-0.05, 0) is 35.9 Å². The minimum atomic E-state index is -6.13. The molecule has 6 aromatic rings. The molecular formula is C42H21BClF24NS. The maximum absolute atomic E-state index is 14.2. The van der Waals surface area contributed by atoms with Crippen LogP contribution in [0.1, 0.15) is 50.1 Å².